The van der Waals surface area contributed by atoms with Crippen molar-refractivity contribution in [2.24, 2.45) is 0 Å². The van der Waals surface area contributed by atoms with Crippen molar-refractivity contribution in [2.45, 2.75) is 5.41 Å². The van der Waals surface area contributed by atoms with Crippen LogP contribution in [0, 0.1) is 0 Å². The monoisotopic (exact) mass is 665 g/mol. The molecule has 10 aromatic rings. The lowest BCUT2D eigenvalue weighted by Crippen LogP contribution is -2.28. The van der Waals surface area contributed by atoms with E-state index in [2.05, 4.69) is 181 Å². The first-order chi connectivity index (χ1) is 25.8. The number of hydrogen-bond donors (Lipinski definition) is 0. The second-order valence-electron chi connectivity index (χ2n) is 13.6. The van der Waals surface area contributed by atoms with Crippen molar-refractivity contribution in [3.8, 4) is 11.1 Å². The van der Waals surface area contributed by atoms with Crippen LogP contribution in [0.3, 0.4) is 0 Å². The minimum Gasteiger partial charge on any atom is -0.456 e. The lowest BCUT2D eigenvalue weighted by molar-refractivity contribution is 0.648. The number of nitrogens with zero attached hydrogens (tertiary/aromatic N) is 1. The van der Waals surface area contributed by atoms with E-state index in [4.69, 9.17) is 8.83 Å². The smallest absolute Gasteiger partial charge is 0.140 e. The molecule has 0 saturated heterocycles. The zero-order chi connectivity index (χ0) is 34.2. The minimum atomic E-state index is -0.576. The van der Waals surface area contributed by atoms with Gasteiger partial charge in [-0.05, 0) is 70.3 Å². The van der Waals surface area contributed by atoms with Crippen LogP contribution < -0.4 is 4.90 Å². The van der Waals surface area contributed by atoms with Gasteiger partial charge in [-0.15, -0.1) is 0 Å². The lowest BCUT2D eigenvalue weighted by atomic mass is 9.67. The van der Waals surface area contributed by atoms with E-state index in [0.717, 1.165) is 66.5 Å². The molecule has 52 heavy (non-hydrogen) atoms. The maximum absolute atomic E-state index is 7.10. The van der Waals surface area contributed by atoms with Crippen LogP contribution in [0.4, 0.5) is 17.1 Å². The first-order valence-electron chi connectivity index (χ1n) is 17.8. The van der Waals surface area contributed by atoms with Crippen molar-refractivity contribution in [1.82, 2.24) is 0 Å². The summed E-state index contributed by atoms with van der Waals surface area (Å²) in [4.78, 5) is 2.32. The molecule has 244 valence electrons. The minimum absolute atomic E-state index is 0.576. The van der Waals surface area contributed by atoms with Crippen molar-refractivity contribution >= 4 is 60.9 Å². The Morgan fingerprint density at radius 2 is 0.981 bits per heavy atom. The Kier molecular flexibility index (Phi) is 6.17. The molecule has 2 aromatic heterocycles. The van der Waals surface area contributed by atoms with E-state index in [1.165, 1.54) is 27.8 Å². The lowest BCUT2D eigenvalue weighted by Gasteiger charge is -2.33. The molecule has 0 bridgehead atoms. The average Bonchev–Trinajstić information content (AvgIpc) is 3.87. The Balaban J connectivity index is 1.21. The Morgan fingerprint density at radius 1 is 0.385 bits per heavy atom. The van der Waals surface area contributed by atoms with Gasteiger partial charge in [0.1, 0.15) is 22.3 Å². The molecule has 0 aliphatic heterocycles. The molecular formula is C49H31NO2. The van der Waals surface area contributed by atoms with E-state index in [0.29, 0.717) is 0 Å². The fourth-order valence-electron chi connectivity index (χ4n) is 8.85. The number of benzene rings is 8. The van der Waals surface area contributed by atoms with Crippen molar-refractivity contribution in [1.29, 1.82) is 0 Å². The van der Waals surface area contributed by atoms with E-state index in [1.807, 2.05) is 12.1 Å². The molecule has 0 spiro atoms. The highest BCUT2D eigenvalue weighted by atomic mass is 16.3. The van der Waals surface area contributed by atoms with Gasteiger partial charge in [0.15, 0.2) is 0 Å². The van der Waals surface area contributed by atoms with Gasteiger partial charge in [-0.25, -0.2) is 0 Å². The van der Waals surface area contributed by atoms with Gasteiger partial charge in [0, 0.05) is 39.2 Å². The van der Waals surface area contributed by atoms with Gasteiger partial charge in [0.25, 0.3) is 0 Å². The highest BCUT2D eigenvalue weighted by Gasteiger charge is 2.47. The molecule has 0 atom stereocenters. The van der Waals surface area contributed by atoms with E-state index in [-0.39, 0.29) is 0 Å². The zero-order valence-electron chi connectivity index (χ0n) is 28.2. The first kappa shape index (κ1) is 28.9. The second-order valence-corrected chi connectivity index (χ2v) is 13.6. The SMILES string of the molecule is c1ccc(N(c2ccc3c(c2)oc2ccccc23)c2cccc3oc4c(C5(c6ccccc6)c6ccccc6-c6ccccc65)cccc4c23)cc1. The second kappa shape index (κ2) is 11.1. The molecule has 0 fully saturated rings. The molecule has 3 heteroatoms. The molecule has 0 N–H and O–H groups in total. The third-order valence-electron chi connectivity index (χ3n) is 10.9. The van der Waals surface area contributed by atoms with Crippen LogP contribution in [0.2, 0.25) is 0 Å². The van der Waals surface area contributed by atoms with Crippen LogP contribution in [0.5, 0.6) is 0 Å². The Hall–Kier alpha value is -6.84. The molecule has 0 unspecified atom stereocenters. The average molecular weight is 666 g/mol. The van der Waals surface area contributed by atoms with E-state index in [1.54, 1.807) is 0 Å². The number of anilines is 3. The number of furan rings is 2. The largest absolute Gasteiger partial charge is 0.456 e. The van der Waals surface area contributed by atoms with Gasteiger partial charge in [-0.3, -0.25) is 0 Å². The Bertz CT molecular complexity index is 2930. The number of hydrogen-bond acceptors (Lipinski definition) is 3. The Morgan fingerprint density at radius 3 is 1.77 bits per heavy atom. The van der Waals surface area contributed by atoms with Gasteiger partial charge in [0.05, 0.1) is 16.5 Å². The van der Waals surface area contributed by atoms with Crippen molar-refractivity contribution < 1.29 is 8.83 Å². The molecular weight excluding hydrogens is 635 g/mol. The molecule has 0 saturated carbocycles. The fraction of sp³-hybridized carbons (Fsp3) is 0.0204. The van der Waals surface area contributed by atoms with Gasteiger partial charge in [0.2, 0.25) is 0 Å². The summed E-state index contributed by atoms with van der Waals surface area (Å²) in [5.74, 6) is 0. The highest BCUT2D eigenvalue weighted by Crippen LogP contribution is 2.58. The zero-order valence-corrected chi connectivity index (χ0v) is 28.2. The third kappa shape index (κ3) is 3.96. The maximum Gasteiger partial charge on any atom is 0.140 e. The molecule has 0 amide bonds. The predicted octanol–water partition coefficient (Wildman–Crippen LogP) is 13.3. The highest BCUT2D eigenvalue weighted by molar-refractivity contribution is 6.15. The topological polar surface area (TPSA) is 29.5 Å². The van der Waals surface area contributed by atoms with Gasteiger partial charge in [-0.1, -0.05) is 140 Å². The van der Waals surface area contributed by atoms with E-state index < -0.39 is 5.41 Å². The number of rotatable bonds is 5. The molecule has 11 rings (SSSR count). The summed E-state index contributed by atoms with van der Waals surface area (Å²) in [6.45, 7) is 0. The maximum atomic E-state index is 7.10. The number of fused-ring (bicyclic) bond motifs is 9. The summed E-state index contributed by atoms with van der Waals surface area (Å²) in [6, 6.07) is 67.0. The van der Waals surface area contributed by atoms with Crippen molar-refractivity contribution in [2.75, 3.05) is 4.90 Å². The summed E-state index contributed by atoms with van der Waals surface area (Å²) in [5.41, 5.74) is 13.4. The van der Waals surface area contributed by atoms with Crippen molar-refractivity contribution in [3.63, 3.8) is 0 Å². The predicted molar refractivity (Wildman–Crippen MR) is 213 cm³/mol. The molecule has 1 aliphatic carbocycles. The normalized spacial score (nSPS) is 13.2. The van der Waals surface area contributed by atoms with Crippen LogP contribution in [0.15, 0.2) is 197 Å². The third-order valence-corrected chi connectivity index (χ3v) is 10.9. The first-order valence-corrected chi connectivity index (χ1v) is 17.8. The molecule has 2 heterocycles. The summed E-state index contributed by atoms with van der Waals surface area (Å²) < 4.78 is 13.5. The van der Waals surface area contributed by atoms with Crippen molar-refractivity contribution in [3.05, 3.63) is 210 Å². The van der Waals surface area contributed by atoms with Gasteiger partial charge >= 0.3 is 0 Å². The molecule has 3 nitrogen and oxygen atoms in total. The summed E-state index contributed by atoms with van der Waals surface area (Å²) >= 11 is 0. The van der Waals surface area contributed by atoms with Crippen LogP contribution in [-0.2, 0) is 5.41 Å². The van der Waals surface area contributed by atoms with Crippen LogP contribution in [0.25, 0.3) is 55.0 Å². The number of para-hydroxylation sites is 3. The standard InChI is InChI=1S/C49H31NO2/c1-3-15-32(16-4-1)49(40-23-10-7-19-35(40)36-20-8-11-24-41(36)49)42-25-13-22-39-47-43(26-14-28-45(47)52-48(39)42)50(33-17-5-2-6-18-33)34-29-30-38-37-21-9-12-27-44(37)51-46(38)31-34/h1-31H. The fourth-order valence-corrected chi connectivity index (χ4v) is 8.85. The van der Waals surface area contributed by atoms with Crippen LogP contribution >= 0.6 is 0 Å². The van der Waals surface area contributed by atoms with E-state index in [9.17, 15) is 0 Å². The summed E-state index contributed by atoms with van der Waals surface area (Å²) in [6.07, 6.45) is 0. The van der Waals surface area contributed by atoms with Gasteiger partial charge in [-0.2, -0.15) is 0 Å². The molecule has 8 aromatic carbocycles. The van der Waals surface area contributed by atoms with E-state index >= 15 is 0 Å². The quantitative estimate of drug-likeness (QED) is 0.183. The summed E-state index contributed by atoms with van der Waals surface area (Å²) in [5, 5.41) is 4.36. The molecule has 1 aliphatic rings. The Labute approximate surface area is 300 Å². The molecule has 0 radical (unpaired) electrons. The van der Waals surface area contributed by atoms with Crippen LogP contribution in [-0.4, -0.2) is 0 Å². The summed E-state index contributed by atoms with van der Waals surface area (Å²) in [7, 11) is 0. The van der Waals surface area contributed by atoms with Gasteiger partial charge < -0.3 is 13.7 Å². The van der Waals surface area contributed by atoms with Crippen LogP contribution in [0.1, 0.15) is 22.3 Å².